The number of aryl methyl sites for hydroxylation is 1. The van der Waals surface area contributed by atoms with E-state index >= 15 is 0 Å². The fourth-order valence-electron chi connectivity index (χ4n) is 3.07. The molecule has 7 heteroatoms. The molecular formula is C20H21N4O3+. The van der Waals surface area contributed by atoms with E-state index in [1.54, 1.807) is 24.5 Å². The van der Waals surface area contributed by atoms with Gasteiger partial charge in [-0.05, 0) is 19.1 Å². The first-order chi connectivity index (χ1) is 13.1. The van der Waals surface area contributed by atoms with Crippen LogP contribution in [-0.2, 0) is 19.7 Å². The zero-order valence-corrected chi connectivity index (χ0v) is 15.1. The van der Waals surface area contributed by atoms with Gasteiger partial charge in [0.25, 0.3) is 5.91 Å². The molecular weight excluding hydrogens is 344 g/mol. The van der Waals surface area contributed by atoms with Crippen molar-refractivity contribution >= 4 is 5.91 Å². The number of hydrogen-bond acceptors (Lipinski definition) is 4. The van der Waals surface area contributed by atoms with Crippen LogP contribution in [0.1, 0.15) is 27.2 Å². The van der Waals surface area contributed by atoms with Gasteiger partial charge in [-0.3, -0.25) is 14.7 Å². The summed E-state index contributed by atoms with van der Waals surface area (Å²) in [5.41, 5.74) is 3.73. The zero-order valence-electron chi connectivity index (χ0n) is 15.1. The highest BCUT2D eigenvalue weighted by Crippen LogP contribution is 2.20. The highest BCUT2D eigenvalue weighted by molar-refractivity contribution is 5.94. The van der Waals surface area contributed by atoms with Crippen LogP contribution in [0.5, 0.6) is 5.88 Å². The number of ether oxygens (including phenoxy) is 1. The number of amides is 1. The number of pyridine rings is 1. The Labute approximate surface area is 157 Å². The van der Waals surface area contributed by atoms with Gasteiger partial charge in [0.05, 0.1) is 18.8 Å². The van der Waals surface area contributed by atoms with Gasteiger partial charge >= 0.3 is 0 Å². The van der Waals surface area contributed by atoms with Crippen LogP contribution < -0.4 is 9.47 Å². The lowest BCUT2D eigenvalue weighted by Gasteiger charge is -2.27. The lowest BCUT2D eigenvalue weighted by atomic mass is 10.1. The summed E-state index contributed by atoms with van der Waals surface area (Å²) in [5, 5.41) is 13.7. The maximum absolute atomic E-state index is 12.7. The average molecular weight is 365 g/mol. The molecule has 0 spiro atoms. The van der Waals surface area contributed by atoms with Crippen LogP contribution in [-0.4, -0.2) is 32.3 Å². The van der Waals surface area contributed by atoms with Crippen LogP contribution >= 0.6 is 0 Å². The first-order valence-corrected chi connectivity index (χ1v) is 8.83. The molecule has 1 amide bonds. The van der Waals surface area contributed by atoms with Crippen molar-refractivity contribution in [1.29, 1.82) is 0 Å². The molecule has 7 nitrogen and oxygen atoms in total. The number of rotatable bonds is 4. The van der Waals surface area contributed by atoms with Crippen LogP contribution in [0.4, 0.5) is 0 Å². The topological polar surface area (TPSA) is 71.5 Å². The van der Waals surface area contributed by atoms with Gasteiger partial charge in [-0.2, -0.15) is 0 Å². The number of aromatic nitrogens is 3. The van der Waals surface area contributed by atoms with E-state index < -0.39 is 0 Å². The molecule has 1 aromatic carbocycles. The van der Waals surface area contributed by atoms with E-state index in [0.29, 0.717) is 37.7 Å². The van der Waals surface area contributed by atoms with Gasteiger partial charge in [0.1, 0.15) is 6.61 Å². The number of nitrogens with zero attached hydrogens (tertiary/aromatic N) is 4. The van der Waals surface area contributed by atoms with Gasteiger partial charge in [-0.15, -0.1) is 5.10 Å². The molecule has 1 N–H and O–H groups in total. The molecule has 3 heterocycles. The number of carbonyl (C=O) groups is 1. The van der Waals surface area contributed by atoms with Crippen molar-refractivity contribution < 1.29 is 19.5 Å². The molecule has 0 atom stereocenters. The van der Waals surface area contributed by atoms with Crippen molar-refractivity contribution in [3.05, 3.63) is 77.2 Å². The monoisotopic (exact) mass is 365 g/mol. The predicted molar refractivity (Wildman–Crippen MR) is 96.3 cm³/mol. The summed E-state index contributed by atoms with van der Waals surface area (Å²) >= 11 is 0. The summed E-state index contributed by atoms with van der Waals surface area (Å²) in [4.78, 5) is 14.5. The van der Waals surface area contributed by atoms with Crippen molar-refractivity contribution in [2.24, 2.45) is 0 Å². The van der Waals surface area contributed by atoms with Crippen molar-refractivity contribution in [2.75, 3.05) is 6.54 Å². The van der Waals surface area contributed by atoms with E-state index in [0.717, 1.165) is 21.6 Å². The third-order valence-corrected chi connectivity index (χ3v) is 4.63. The minimum absolute atomic E-state index is 0.0338. The third-order valence-electron chi connectivity index (χ3n) is 4.63. The Kier molecular flexibility index (Phi) is 4.50. The number of hydrogen-bond donors (Lipinski definition) is 1. The maximum Gasteiger partial charge on any atom is 0.254 e. The molecule has 0 aliphatic carbocycles. The molecule has 0 bridgehead atoms. The van der Waals surface area contributed by atoms with Gasteiger partial charge < -0.3 is 9.64 Å². The van der Waals surface area contributed by atoms with Crippen molar-refractivity contribution in [3.8, 4) is 5.88 Å². The van der Waals surface area contributed by atoms with E-state index in [1.165, 1.54) is 0 Å². The molecule has 27 heavy (non-hydrogen) atoms. The Morgan fingerprint density at radius 1 is 1.19 bits per heavy atom. The van der Waals surface area contributed by atoms with Crippen LogP contribution in [0.15, 0.2) is 54.9 Å². The second-order valence-corrected chi connectivity index (χ2v) is 6.66. The van der Waals surface area contributed by atoms with Crippen LogP contribution in [0.2, 0.25) is 0 Å². The van der Waals surface area contributed by atoms with E-state index in [2.05, 4.69) is 5.10 Å². The fraction of sp³-hybridized carbons (Fsp3) is 0.250. The second kappa shape index (κ2) is 7.11. The first-order valence-electron chi connectivity index (χ1n) is 8.83. The Morgan fingerprint density at radius 3 is 2.67 bits per heavy atom. The SMILES string of the molecule is Cc1ccc(C(=O)N2CCn3nc(OCc4cc[n+](O)cc4)cc3C2)cc1. The van der Waals surface area contributed by atoms with E-state index in [4.69, 9.17) is 4.74 Å². The van der Waals surface area contributed by atoms with Gasteiger partial charge in [0.15, 0.2) is 0 Å². The molecule has 0 unspecified atom stereocenters. The van der Waals surface area contributed by atoms with Crippen molar-refractivity contribution in [1.82, 2.24) is 14.7 Å². The summed E-state index contributed by atoms with van der Waals surface area (Å²) in [6.45, 7) is 4.15. The van der Waals surface area contributed by atoms with Crippen molar-refractivity contribution in [3.63, 3.8) is 0 Å². The Morgan fingerprint density at radius 2 is 1.93 bits per heavy atom. The van der Waals surface area contributed by atoms with E-state index in [9.17, 15) is 10.0 Å². The van der Waals surface area contributed by atoms with Crippen molar-refractivity contribution in [2.45, 2.75) is 26.6 Å². The lowest BCUT2D eigenvalue weighted by Crippen LogP contribution is -2.38. The largest absolute Gasteiger partial charge is 0.472 e. The standard InChI is InChI=1S/C20H21N4O3/c1-15-2-4-17(5-3-15)20(25)22-10-11-24-18(13-22)12-19(21-24)27-14-16-6-8-23(26)9-7-16/h2-9,12,26H,10-11,13-14H2,1H3/q+1. The summed E-state index contributed by atoms with van der Waals surface area (Å²) < 4.78 is 8.63. The number of fused-ring (bicyclic) bond motifs is 1. The molecule has 0 fully saturated rings. The van der Waals surface area contributed by atoms with E-state index in [1.807, 2.05) is 46.8 Å². The molecule has 0 saturated heterocycles. The molecule has 4 rings (SSSR count). The normalized spacial score (nSPS) is 13.3. The highest BCUT2D eigenvalue weighted by atomic mass is 16.5. The third kappa shape index (κ3) is 3.76. The molecule has 138 valence electrons. The molecule has 1 aliphatic heterocycles. The van der Waals surface area contributed by atoms with Crippen LogP contribution in [0.25, 0.3) is 0 Å². The summed E-state index contributed by atoms with van der Waals surface area (Å²) in [5.74, 6) is 0.571. The van der Waals surface area contributed by atoms with Crippen LogP contribution in [0.3, 0.4) is 0 Å². The quantitative estimate of drug-likeness (QED) is 0.567. The molecule has 2 aromatic heterocycles. The smallest absolute Gasteiger partial charge is 0.254 e. The van der Waals surface area contributed by atoms with Gasteiger partial charge in [-0.1, -0.05) is 17.7 Å². The zero-order chi connectivity index (χ0) is 18.8. The van der Waals surface area contributed by atoms with Gasteiger partial charge in [-0.25, -0.2) is 0 Å². The van der Waals surface area contributed by atoms with Gasteiger partial charge in [0, 0.05) is 40.6 Å². The summed E-state index contributed by atoms with van der Waals surface area (Å²) in [7, 11) is 0. The van der Waals surface area contributed by atoms with E-state index in [-0.39, 0.29) is 5.91 Å². The highest BCUT2D eigenvalue weighted by Gasteiger charge is 2.23. The summed E-state index contributed by atoms with van der Waals surface area (Å²) in [6.07, 6.45) is 3.09. The predicted octanol–water partition coefficient (Wildman–Crippen LogP) is 1.95. The summed E-state index contributed by atoms with van der Waals surface area (Å²) in [6, 6.07) is 13.1. The minimum Gasteiger partial charge on any atom is -0.472 e. The maximum atomic E-state index is 12.7. The number of carbonyl (C=O) groups excluding carboxylic acids is 1. The number of benzene rings is 1. The van der Waals surface area contributed by atoms with Crippen LogP contribution in [0, 0.1) is 6.92 Å². The second-order valence-electron chi connectivity index (χ2n) is 6.66. The minimum atomic E-state index is 0.0338. The Balaban J connectivity index is 1.42. The Bertz CT molecular complexity index is 948. The fourth-order valence-corrected chi connectivity index (χ4v) is 3.07. The molecule has 1 aliphatic rings. The molecule has 0 saturated carbocycles. The first kappa shape index (κ1) is 17.1. The average Bonchev–Trinajstić information content (AvgIpc) is 3.09. The Hall–Kier alpha value is -3.35. The molecule has 0 radical (unpaired) electrons. The van der Waals surface area contributed by atoms with Gasteiger partial charge in [0.2, 0.25) is 18.3 Å². The lowest BCUT2D eigenvalue weighted by molar-refractivity contribution is -0.904. The molecule has 3 aromatic rings.